The summed E-state index contributed by atoms with van der Waals surface area (Å²) in [7, 11) is 0. The molecule has 0 N–H and O–H groups in total. The summed E-state index contributed by atoms with van der Waals surface area (Å²) >= 11 is 3.27. The number of hydrogen-bond donors (Lipinski definition) is 0. The number of hydrogen-bond acceptors (Lipinski definition) is 3. The van der Waals surface area contributed by atoms with Crippen molar-refractivity contribution in [3.63, 3.8) is 0 Å². The van der Waals surface area contributed by atoms with E-state index in [4.69, 9.17) is 9.47 Å². The zero-order valence-electron chi connectivity index (χ0n) is 11.5. The van der Waals surface area contributed by atoms with Gasteiger partial charge in [0.2, 0.25) is 0 Å². The summed E-state index contributed by atoms with van der Waals surface area (Å²) in [5, 5.41) is 0. The van der Waals surface area contributed by atoms with E-state index in [0.717, 1.165) is 17.4 Å². The van der Waals surface area contributed by atoms with E-state index >= 15 is 0 Å². The van der Waals surface area contributed by atoms with Gasteiger partial charge in [-0.3, -0.25) is 0 Å². The lowest BCUT2D eigenvalue weighted by molar-refractivity contribution is -0.157. The summed E-state index contributed by atoms with van der Waals surface area (Å²) in [6.07, 6.45) is 0.156. The number of halogens is 1. The summed E-state index contributed by atoms with van der Waals surface area (Å²) in [6.45, 7) is 0.798. The van der Waals surface area contributed by atoms with Crippen molar-refractivity contribution in [3.05, 3.63) is 71.8 Å². The third-order valence-electron chi connectivity index (χ3n) is 2.90. The molecular weight excluding hydrogens is 332 g/mol. The Hall–Kier alpha value is -1.49. The Morgan fingerprint density at radius 2 is 1.29 bits per heavy atom. The largest absolute Gasteiger partial charge is 0.346 e. The van der Waals surface area contributed by atoms with E-state index in [1.54, 1.807) is 0 Å². The van der Waals surface area contributed by atoms with Crippen LogP contribution in [0.4, 0.5) is 0 Å². The number of ether oxygens (including phenoxy) is 2. The topological polar surface area (TPSA) is 35.5 Å². The minimum atomic E-state index is -0.622. The number of carbonyl (C=O) groups is 1. The Labute approximate surface area is 133 Å². The summed E-state index contributed by atoms with van der Waals surface area (Å²) in [6, 6.07) is 19.6. The van der Waals surface area contributed by atoms with Crippen LogP contribution < -0.4 is 0 Å². The van der Waals surface area contributed by atoms with Gasteiger partial charge in [-0.1, -0.05) is 76.6 Å². The second-order valence-electron chi connectivity index (χ2n) is 4.54. The Morgan fingerprint density at radius 1 is 0.857 bits per heavy atom. The lowest BCUT2D eigenvalue weighted by Gasteiger charge is -2.20. The zero-order valence-corrected chi connectivity index (χ0v) is 13.1. The third kappa shape index (κ3) is 5.42. The van der Waals surface area contributed by atoms with Gasteiger partial charge in [0.25, 0.3) is 0 Å². The first-order chi connectivity index (χ1) is 10.3. The number of rotatable bonds is 8. The predicted octanol–water partition coefficient (Wildman–Crippen LogP) is 3.71. The van der Waals surface area contributed by atoms with Crippen molar-refractivity contribution in [3.8, 4) is 0 Å². The van der Waals surface area contributed by atoms with E-state index in [0.29, 0.717) is 13.2 Å². The maximum Gasteiger partial charge on any atom is 0.177 e. The highest BCUT2D eigenvalue weighted by molar-refractivity contribution is 9.10. The van der Waals surface area contributed by atoms with Crippen molar-refractivity contribution >= 4 is 22.2 Å². The summed E-state index contributed by atoms with van der Waals surface area (Å²) < 4.78 is 11.4. The molecule has 0 aromatic heterocycles. The molecule has 2 aromatic rings. The summed E-state index contributed by atoms with van der Waals surface area (Å²) in [5.74, 6) is 0. The first kappa shape index (κ1) is 15.9. The molecule has 2 rings (SSSR count). The molecule has 0 heterocycles. The highest BCUT2D eigenvalue weighted by Gasteiger charge is 2.20. The highest BCUT2D eigenvalue weighted by Crippen LogP contribution is 2.14. The zero-order chi connectivity index (χ0) is 14.9. The monoisotopic (exact) mass is 348 g/mol. The van der Waals surface area contributed by atoms with E-state index < -0.39 is 11.1 Å². The van der Waals surface area contributed by atoms with Crippen molar-refractivity contribution in [2.45, 2.75) is 24.3 Å². The molecule has 0 aliphatic rings. The van der Waals surface area contributed by atoms with Gasteiger partial charge in [-0.25, -0.2) is 0 Å². The quantitative estimate of drug-likeness (QED) is 0.414. The number of carbonyl (C=O) groups excluding carboxylic acids is 1. The molecule has 2 aromatic carbocycles. The molecule has 0 radical (unpaired) electrons. The van der Waals surface area contributed by atoms with Crippen molar-refractivity contribution in [1.82, 2.24) is 0 Å². The molecule has 0 bridgehead atoms. The van der Waals surface area contributed by atoms with Gasteiger partial charge >= 0.3 is 0 Å². The number of benzene rings is 2. The van der Waals surface area contributed by atoms with E-state index in [1.165, 1.54) is 0 Å². The second-order valence-corrected chi connectivity index (χ2v) is 5.60. The molecule has 21 heavy (non-hydrogen) atoms. The number of alkyl halides is 1. The van der Waals surface area contributed by atoms with Crippen LogP contribution >= 0.6 is 15.9 Å². The highest BCUT2D eigenvalue weighted by atomic mass is 79.9. The van der Waals surface area contributed by atoms with E-state index in [9.17, 15) is 4.79 Å². The Kier molecular flexibility index (Phi) is 6.60. The second kappa shape index (κ2) is 8.72. The minimum Gasteiger partial charge on any atom is -0.346 e. The molecular formula is C17H17BrO3. The van der Waals surface area contributed by atoms with Gasteiger partial charge in [0.15, 0.2) is 6.29 Å². The maximum absolute atomic E-state index is 11.0. The van der Waals surface area contributed by atoms with Crippen LogP contribution in [-0.4, -0.2) is 17.4 Å². The number of aldehydes is 1. The van der Waals surface area contributed by atoms with Gasteiger partial charge < -0.3 is 14.3 Å². The Balaban J connectivity index is 1.90. The fourth-order valence-electron chi connectivity index (χ4n) is 1.80. The fourth-order valence-corrected chi connectivity index (χ4v) is 2.11. The smallest absolute Gasteiger partial charge is 0.177 e. The lowest BCUT2D eigenvalue weighted by Crippen LogP contribution is -2.28. The van der Waals surface area contributed by atoms with Crippen LogP contribution in [0.1, 0.15) is 11.1 Å². The maximum atomic E-state index is 11.0. The first-order valence-corrected chi connectivity index (χ1v) is 7.61. The van der Waals surface area contributed by atoms with E-state index in [2.05, 4.69) is 15.9 Å². The molecule has 1 atom stereocenters. The molecule has 110 valence electrons. The lowest BCUT2D eigenvalue weighted by atomic mass is 10.2. The summed E-state index contributed by atoms with van der Waals surface area (Å²) in [4.78, 5) is 10.5. The third-order valence-corrected chi connectivity index (χ3v) is 3.55. The molecule has 0 saturated heterocycles. The molecule has 0 saturated carbocycles. The van der Waals surface area contributed by atoms with Gasteiger partial charge in [-0.05, 0) is 11.1 Å². The van der Waals surface area contributed by atoms with Gasteiger partial charge in [0.1, 0.15) is 11.1 Å². The van der Waals surface area contributed by atoms with Crippen LogP contribution in [-0.2, 0) is 27.5 Å². The van der Waals surface area contributed by atoms with Crippen LogP contribution in [0, 0.1) is 0 Å². The van der Waals surface area contributed by atoms with Gasteiger partial charge in [0, 0.05) is 0 Å². The molecule has 4 heteroatoms. The standard InChI is InChI=1S/C17H17BrO3/c18-16(11-19)17(20-12-14-7-3-1-4-8-14)21-13-15-9-5-2-6-10-15/h1-11,16-17H,12-13H2. The predicted molar refractivity (Wildman–Crippen MR) is 85.0 cm³/mol. The van der Waals surface area contributed by atoms with Crippen LogP contribution in [0.2, 0.25) is 0 Å². The van der Waals surface area contributed by atoms with Crippen molar-refractivity contribution < 1.29 is 14.3 Å². The molecule has 0 fully saturated rings. The molecule has 0 spiro atoms. The Bertz CT molecular complexity index is 487. The van der Waals surface area contributed by atoms with Crippen LogP contribution in [0.5, 0.6) is 0 Å². The minimum absolute atomic E-state index is 0.399. The van der Waals surface area contributed by atoms with Crippen molar-refractivity contribution in [1.29, 1.82) is 0 Å². The van der Waals surface area contributed by atoms with Crippen LogP contribution in [0.25, 0.3) is 0 Å². The van der Waals surface area contributed by atoms with E-state index in [-0.39, 0.29) is 0 Å². The van der Waals surface area contributed by atoms with Crippen molar-refractivity contribution in [2.75, 3.05) is 0 Å². The molecule has 0 aliphatic carbocycles. The molecule has 3 nitrogen and oxygen atoms in total. The first-order valence-electron chi connectivity index (χ1n) is 6.70. The van der Waals surface area contributed by atoms with Crippen molar-refractivity contribution in [2.24, 2.45) is 0 Å². The summed E-state index contributed by atoms with van der Waals surface area (Å²) in [5.41, 5.74) is 2.08. The van der Waals surface area contributed by atoms with E-state index in [1.807, 2.05) is 60.7 Å². The van der Waals surface area contributed by atoms with Gasteiger partial charge in [-0.15, -0.1) is 0 Å². The molecule has 1 unspecified atom stereocenters. The fraction of sp³-hybridized carbons (Fsp3) is 0.235. The Morgan fingerprint density at radius 3 is 1.67 bits per heavy atom. The van der Waals surface area contributed by atoms with Gasteiger partial charge in [0.05, 0.1) is 13.2 Å². The normalized spacial score (nSPS) is 12.3. The van der Waals surface area contributed by atoms with Crippen LogP contribution in [0.15, 0.2) is 60.7 Å². The average molecular weight is 349 g/mol. The SMILES string of the molecule is O=CC(Br)C(OCc1ccccc1)OCc1ccccc1. The molecule has 0 aliphatic heterocycles. The molecule has 0 amide bonds. The van der Waals surface area contributed by atoms with Gasteiger partial charge in [-0.2, -0.15) is 0 Å². The van der Waals surface area contributed by atoms with Crippen LogP contribution in [0.3, 0.4) is 0 Å². The average Bonchev–Trinajstić information content (AvgIpc) is 2.56.